The first kappa shape index (κ1) is 12.1. The predicted molar refractivity (Wildman–Crippen MR) is 72.9 cm³/mol. The van der Waals surface area contributed by atoms with Gasteiger partial charge in [0, 0.05) is 24.3 Å². The molecule has 2 nitrogen and oxygen atoms in total. The number of nitrogens with zero attached hydrogens (tertiary/aromatic N) is 1. The number of hydrogen-bond acceptors (Lipinski definition) is 2. The van der Waals surface area contributed by atoms with Crippen LogP contribution in [0.5, 0.6) is 0 Å². The monoisotopic (exact) mass is 228 g/mol. The zero-order valence-electron chi connectivity index (χ0n) is 10.6. The van der Waals surface area contributed by atoms with Crippen molar-refractivity contribution in [1.82, 2.24) is 10.3 Å². The highest BCUT2D eigenvalue weighted by molar-refractivity contribution is 5.84. The van der Waals surface area contributed by atoms with E-state index in [9.17, 15) is 0 Å². The van der Waals surface area contributed by atoms with Gasteiger partial charge in [-0.15, -0.1) is 0 Å². The molecule has 1 atom stereocenters. The fourth-order valence-corrected chi connectivity index (χ4v) is 1.92. The lowest BCUT2D eigenvalue weighted by atomic mass is 10.1. The molecule has 0 amide bonds. The van der Waals surface area contributed by atoms with Gasteiger partial charge in [0.05, 0.1) is 0 Å². The van der Waals surface area contributed by atoms with Gasteiger partial charge >= 0.3 is 0 Å². The molecule has 1 heterocycles. The molecule has 1 N–H and O–H groups in total. The Morgan fingerprint density at radius 3 is 2.88 bits per heavy atom. The summed E-state index contributed by atoms with van der Waals surface area (Å²) < 4.78 is 0. The lowest BCUT2D eigenvalue weighted by molar-refractivity contribution is 0.500. The molecule has 0 radical (unpaired) electrons. The summed E-state index contributed by atoms with van der Waals surface area (Å²) in [5.41, 5.74) is 1.28. The fourth-order valence-electron chi connectivity index (χ4n) is 1.92. The van der Waals surface area contributed by atoms with Crippen molar-refractivity contribution in [1.29, 1.82) is 0 Å². The largest absolute Gasteiger partial charge is 0.312 e. The Bertz CT molecular complexity index is 474. The number of aromatic nitrogens is 1. The number of nitrogens with one attached hydrogen (secondary N) is 1. The van der Waals surface area contributed by atoms with Crippen molar-refractivity contribution in [3.63, 3.8) is 0 Å². The lowest BCUT2D eigenvalue weighted by Crippen LogP contribution is -2.20. The topological polar surface area (TPSA) is 24.9 Å². The van der Waals surface area contributed by atoms with Gasteiger partial charge in [-0.2, -0.15) is 0 Å². The zero-order valence-corrected chi connectivity index (χ0v) is 10.6. The first-order valence-corrected chi connectivity index (χ1v) is 6.33. The van der Waals surface area contributed by atoms with E-state index in [0.717, 1.165) is 19.0 Å². The summed E-state index contributed by atoms with van der Waals surface area (Å²) in [6, 6.07) is 8.42. The van der Waals surface area contributed by atoms with E-state index >= 15 is 0 Å². The van der Waals surface area contributed by atoms with Crippen LogP contribution in [-0.4, -0.2) is 11.5 Å². The molecule has 90 valence electrons. The average Bonchev–Trinajstić information content (AvgIpc) is 2.39. The number of fused-ring (bicyclic) bond motifs is 1. The molecule has 1 aromatic heterocycles. The van der Waals surface area contributed by atoms with E-state index in [0.29, 0.717) is 0 Å². The van der Waals surface area contributed by atoms with Crippen LogP contribution in [0.4, 0.5) is 0 Å². The Balaban J connectivity index is 2.08. The van der Waals surface area contributed by atoms with Gasteiger partial charge in [0.2, 0.25) is 0 Å². The summed E-state index contributed by atoms with van der Waals surface area (Å²) in [6.07, 6.45) is 5.11. The van der Waals surface area contributed by atoms with Gasteiger partial charge in [-0.25, -0.2) is 0 Å². The van der Waals surface area contributed by atoms with Gasteiger partial charge in [0.1, 0.15) is 0 Å². The van der Waals surface area contributed by atoms with E-state index in [1.807, 2.05) is 12.4 Å². The highest BCUT2D eigenvalue weighted by atomic mass is 14.9. The molecular weight excluding hydrogens is 208 g/mol. The van der Waals surface area contributed by atoms with Crippen molar-refractivity contribution in [2.24, 2.45) is 5.92 Å². The second kappa shape index (κ2) is 5.78. The Kier molecular flexibility index (Phi) is 4.10. The summed E-state index contributed by atoms with van der Waals surface area (Å²) in [5, 5.41) is 6.03. The second-order valence-electron chi connectivity index (χ2n) is 4.66. The molecule has 0 aliphatic rings. The minimum Gasteiger partial charge on any atom is -0.312 e. The zero-order chi connectivity index (χ0) is 12.1. The third-order valence-electron chi connectivity index (χ3n) is 3.26. The predicted octanol–water partition coefficient (Wildman–Crippen LogP) is 3.37. The molecule has 0 bridgehead atoms. The van der Waals surface area contributed by atoms with E-state index in [1.165, 1.54) is 22.8 Å². The summed E-state index contributed by atoms with van der Waals surface area (Å²) in [5.74, 6) is 0.734. The maximum absolute atomic E-state index is 4.29. The van der Waals surface area contributed by atoms with Gasteiger partial charge < -0.3 is 5.32 Å². The molecule has 0 aliphatic heterocycles. The Hall–Kier alpha value is -1.41. The van der Waals surface area contributed by atoms with Gasteiger partial charge in [0.25, 0.3) is 0 Å². The minimum absolute atomic E-state index is 0.734. The third-order valence-corrected chi connectivity index (χ3v) is 3.26. The number of pyridine rings is 1. The van der Waals surface area contributed by atoms with Crippen molar-refractivity contribution < 1.29 is 0 Å². The molecule has 1 aromatic carbocycles. The van der Waals surface area contributed by atoms with Gasteiger partial charge in [-0.1, -0.05) is 44.5 Å². The standard InChI is InChI=1S/C15H20N2/c1-3-12(2)8-16-10-14-11-17-9-13-6-4-5-7-15(13)14/h4-7,9,11-12,16H,3,8,10H2,1-2H3. The van der Waals surface area contributed by atoms with Crippen LogP contribution < -0.4 is 5.32 Å². The number of benzene rings is 1. The van der Waals surface area contributed by atoms with E-state index in [1.54, 1.807) is 0 Å². The quantitative estimate of drug-likeness (QED) is 0.848. The summed E-state index contributed by atoms with van der Waals surface area (Å²) in [7, 11) is 0. The van der Waals surface area contributed by atoms with Crippen molar-refractivity contribution in [2.75, 3.05) is 6.54 Å². The van der Waals surface area contributed by atoms with E-state index in [-0.39, 0.29) is 0 Å². The maximum atomic E-state index is 4.29. The Morgan fingerprint density at radius 1 is 1.24 bits per heavy atom. The van der Waals surface area contributed by atoms with Gasteiger partial charge in [0.15, 0.2) is 0 Å². The van der Waals surface area contributed by atoms with Crippen LogP contribution in [-0.2, 0) is 6.54 Å². The third kappa shape index (κ3) is 3.04. The highest BCUT2D eigenvalue weighted by Gasteiger charge is 2.02. The molecule has 0 fully saturated rings. The number of rotatable bonds is 5. The second-order valence-corrected chi connectivity index (χ2v) is 4.66. The maximum Gasteiger partial charge on any atom is 0.0346 e. The molecule has 0 saturated heterocycles. The van der Waals surface area contributed by atoms with E-state index in [4.69, 9.17) is 0 Å². The van der Waals surface area contributed by atoms with Crippen LogP contribution in [0.25, 0.3) is 10.8 Å². The fraction of sp³-hybridized carbons (Fsp3) is 0.400. The summed E-state index contributed by atoms with van der Waals surface area (Å²) >= 11 is 0. The van der Waals surface area contributed by atoms with Crippen molar-refractivity contribution in [2.45, 2.75) is 26.8 Å². The van der Waals surface area contributed by atoms with Crippen molar-refractivity contribution in [3.05, 3.63) is 42.2 Å². The van der Waals surface area contributed by atoms with Crippen molar-refractivity contribution >= 4 is 10.8 Å². The average molecular weight is 228 g/mol. The molecule has 1 unspecified atom stereocenters. The van der Waals surface area contributed by atoms with Crippen LogP contribution in [0.1, 0.15) is 25.8 Å². The summed E-state index contributed by atoms with van der Waals surface area (Å²) in [6.45, 7) is 6.47. The molecular formula is C15H20N2. The van der Waals surface area contributed by atoms with Crippen molar-refractivity contribution in [3.8, 4) is 0 Å². The first-order valence-electron chi connectivity index (χ1n) is 6.33. The molecule has 2 rings (SSSR count). The van der Waals surface area contributed by atoms with Crippen LogP contribution in [0.3, 0.4) is 0 Å². The van der Waals surface area contributed by atoms with Gasteiger partial charge in [-0.05, 0) is 23.4 Å². The highest BCUT2D eigenvalue weighted by Crippen LogP contribution is 2.16. The molecule has 2 aromatic rings. The lowest BCUT2D eigenvalue weighted by Gasteiger charge is -2.11. The Labute approximate surface area is 103 Å². The molecule has 17 heavy (non-hydrogen) atoms. The van der Waals surface area contributed by atoms with Gasteiger partial charge in [-0.3, -0.25) is 4.98 Å². The van der Waals surface area contributed by atoms with Crippen LogP contribution in [0.2, 0.25) is 0 Å². The molecule has 0 aliphatic carbocycles. The van der Waals surface area contributed by atoms with E-state index in [2.05, 4.69) is 48.4 Å². The smallest absolute Gasteiger partial charge is 0.0346 e. The summed E-state index contributed by atoms with van der Waals surface area (Å²) in [4.78, 5) is 4.29. The first-order chi connectivity index (χ1) is 8.31. The van der Waals surface area contributed by atoms with E-state index < -0.39 is 0 Å². The molecule has 0 spiro atoms. The SMILES string of the molecule is CCC(C)CNCc1cncc2ccccc12. The number of hydrogen-bond donors (Lipinski definition) is 1. The van der Waals surface area contributed by atoms with Crippen LogP contribution in [0.15, 0.2) is 36.7 Å². The van der Waals surface area contributed by atoms with Crippen LogP contribution in [0, 0.1) is 5.92 Å². The molecule has 2 heteroatoms. The minimum atomic E-state index is 0.734. The normalized spacial score (nSPS) is 12.8. The Morgan fingerprint density at radius 2 is 2.06 bits per heavy atom. The molecule has 0 saturated carbocycles. The van der Waals surface area contributed by atoms with Crippen LogP contribution >= 0.6 is 0 Å².